The summed E-state index contributed by atoms with van der Waals surface area (Å²) in [5.41, 5.74) is 1.05. The number of rotatable bonds is 7. The quantitative estimate of drug-likeness (QED) is 0.817. The van der Waals surface area contributed by atoms with Crippen LogP contribution in [0.3, 0.4) is 0 Å². The first-order valence-corrected chi connectivity index (χ1v) is 7.31. The third-order valence-corrected chi connectivity index (χ3v) is 3.31. The summed E-state index contributed by atoms with van der Waals surface area (Å²) in [5, 5.41) is 15.7. The molecule has 0 radical (unpaired) electrons. The van der Waals surface area contributed by atoms with E-state index < -0.39 is 5.97 Å². The Hall–Kier alpha value is -2.67. The number of hydrogen-bond donors (Lipinski definition) is 2. The number of carboxylic acids is 1. The smallest absolute Gasteiger partial charge is 0.356 e. The van der Waals surface area contributed by atoms with Gasteiger partial charge in [-0.05, 0) is 31.5 Å². The molecule has 0 aliphatic rings. The summed E-state index contributed by atoms with van der Waals surface area (Å²) in [6.07, 6.45) is 2.37. The molecule has 2 N–H and O–H groups in total. The summed E-state index contributed by atoms with van der Waals surface area (Å²) < 4.78 is 6.81. The lowest BCUT2D eigenvalue weighted by Crippen LogP contribution is -2.22. The van der Waals surface area contributed by atoms with Crippen molar-refractivity contribution >= 4 is 17.6 Å². The van der Waals surface area contributed by atoms with Crippen molar-refractivity contribution in [2.75, 3.05) is 11.9 Å². The van der Waals surface area contributed by atoms with Gasteiger partial charge in [0.2, 0.25) is 5.91 Å². The molecule has 0 spiro atoms. The molecular formula is C16H19N3O4. The predicted octanol–water partition coefficient (Wildman–Crippen LogP) is 2.32. The highest BCUT2D eigenvalue weighted by atomic mass is 16.5. The van der Waals surface area contributed by atoms with Gasteiger partial charge in [-0.2, -0.15) is 5.10 Å². The van der Waals surface area contributed by atoms with Gasteiger partial charge in [0.25, 0.3) is 0 Å². The molecule has 1 aromatic heterocycles. The van der Waals surface area contributed by atoms with E-state index in [4.69, 9.17) is 9.84 Å². The Morgan fingerprint density at radius 2 is 2.09 bits per heavy atom. The van der Waals surface area contributed by atoms with Gasteiger partial charge >= 0.3 is 5.97 Å². The van der Waals surface area contributed by atoms with Gasteiger partial charge in [0.1, 0.15) is 6.61 Å². The van der Waals surface area contributed by atoms with Gasteiger partial charge in [0, 0.05) is 6.20 Å². The molecule has 1 atom stereocenters. The van der Waals surface area contributed by atoms with Crippen molar-refractivity contribution in [1.82, 2.24) is 9.78 Å². The third kappa shape index (κ3) is 4.40. The zero-order valence-electron chi connectivity index (χ0n) is 13.0. The van der Waals surface area contributed by atoms with Crippen LogP contribution in [0.2, 0.25) is 0 Å². The summed E-state index contributed by atoms with van der Waals surface area (Å²) in [5.74, 6) is -1.38. The number of nitrogens with one attached hydrogen (secondary N) is 1. The molecule has 1 amide bonds. The number of carbonyl (C=O) groups excluding carboxylic acids is 1. The number of hydrogen-bond acceptors (Lipinski definition) is 4. The van der Waals surface area contributed by atoms with Gasteiger partial charge in [0.15, 0.2) is 5.69 Å². The topological polar surface area (TPSA) is 93.5 Å². The van der Waals surface area contributed by atoms with E-state index in [-0.39, 0.29) is 24.3 Å². The van der Waals surface area contributed by atoms with Crippen molar-refractivity contribution in [3.05, 3.63) is 42.2 Å². The fraction of sp³-hybridized carbons (Fsp3) is 0.312. The number of benzene rings is 1. The Balaban J connectivity index is 2.14. The molecule has 0 saturated heterocycles. The molecule has 0 aliphatic carbocycles. The van der Waals surface area contributed by atoms with Gasteiger partial charge in [-0.3, -0.25) is 4.79 Å². The van der Waals surface area contributed by atoms with Gasteiger partial charge in [-0.1, -0.05) is 19.1 Å². The van der Waals surface area contributed by atoms with E-state index in [1.54, 1.807) is 24.3 Å². The van der Waals surface area contributed by atoms with Crippen molar-refractivity contribution in [3.63, 3.8) is 0 Å². The highest BCUT2D eigenvalue weighted by molar-refractivity contribution is 5.93. The molecule has 7 heteroatoms. The minimum Gasteiger partial charge on any atom is -0.476 e. The molecule has 1 unspecified atom stereocenters. The Morgan fingerprint density at radius 1 is 1.35 bits per heavy atom. The second-order valence-electron chi connectivity index (χ2n) is 5.05. The number of nitrogens with zero attached hydrogens (tertiary/aromatic N) is 2. The van der Waals surface area contributed by atoms with E-state index in [2.05, 4.69) is 10.4 Å². The lowest BCUT2D eigenvalue weighted by atomic mass is 10.2. The van der Waals surface area contributed by atoms with Crippen LogP contribution in [0.25, 0.3) is 5.69 Å². The van der Waals surface area contributed by atoms with Gasteiger partial charge in [-0.15, -0.1) is 0 Å². The number of aromatic carboxylic acids is 1. The molecule has 2 aromatic rings. The predicted molar refractivity (Wildman–Crippen MR) is 84.9 cm³/mol. The fourth-order valence-electron chi connectivity index (χ4n) is 1.87. The van der Waals surface area contributed by atoms with E-state index >= 15 is 0 Å². The van der Waals surface area contributed by atoms with Crippen LogP contribution in [0.4, 0.5) is 5.69 Å². The summed E-state index contributed by atoms with van der Waals surface area (Å²) in [6, 6.07) is 8.41. The second-order valence-corrected chi connectivity index (χ2v) is 5.05. The first kappa shape index (κ1) is 16.7. The number of anilines is 1. The Kier molecular flexibility index (Phi) is 5.48. The zero-order valence-corrected chi connectivity index (χ0v) is 13.0. The van der Waals surface area contributed by atoms with Crippen molar-refractivity contribution in [2.24, 2.45) is 0 Å². The number of para-hydroxylation sites is 2. The normalized spacial score (nSPS) is 11.9. The lowest BCUT2D eigenvalue weighted by molar-refractivity contribution is -0.122. The molecular weight excluding hydrogens is 298 g/mol. The van der Waals surface area contributed by atoms with Crippen LogP contribution >= 0.6 is 0 Å². The van der Waals surface area contributed by atoms with Crippen LogP contribution in [0.1, 0.15) is 30.8 Å². The van der Waals surface area contributed by atoms with Gasteiger partial charge in [0.05, 0.1) is 17.5 Å². The highest BCUT2D eigenvalue weighted by Crippen LogP contribution is 2.19. The highest BCUT2D eigenvalue weighted by Gasteiger charge is 2.12. The first-order valence-electron chi connectivity index (χ1n) is 7.31. The molecule has 23 heavy (non-hydrogen) atoms. The Labute approximate surface area is 133 Å². The maximum Gasteiger partial charge on any atom is 0.356 e. The number of carbonyl (C=O) groups is 2. The number of carboxylic acid groups (broad SMARTS) is 1. The number of amides is 1. The van der Waals surface area contributed by atoms with Crippen LogP contribution < -0.4 is 5.32 Å². The molecule has 0 saturated carbocycles. The van der Waals surface area contributed by atoms with Crippen LogP contribution in [-0.2, 0) is 9.53 Å². The van der Waals surface area contributed by atoms with Crippen LogP contribution in [0.15, 0.2) is 36.5 Å². The fourth-order valence-corrected chi connectivity index (χ4v) is 1.87. The monoisotopic (exact) mass is 317 g/mol. The van der Waals surface area contributed by atoms with E-state index in [1.807, 2.05) is 13.8 Å². The lowest BCUT2D eigenvalue weighted by Gasteiger charge is -2.13. The van der Waals surface area contributed by atoms with Crippen molar-refractivity contribution in [1.29, 1.82) is 0 Å². The summed E-state index contributed by atoms with van der Waals surface area (Å²) in [6.45, 7) is 3.84. The third-order valence-electron chi connectivity index (χ3n) is 3.31. The molecule has 1 aromatic carbocycles. The zero-order chi connectivity index (χ0) is 16.8. The molecule has 0 fully saturated rings. The van der Waals surface area contributed by atoms with E-state index in [0.29, 0.717) is 11.4 Å². The van der Waals surface area contributed by atoms with Gasteiger partial charge in [-0.25, -0.2) is 9.48 Å². The van der Waals surface area contributed by atoms with Crippen LogP contribution in [0, 0.1) is 0 Å². The van der Waals surface area contributed by atoms with E-state index in [1.165, 1.54) is 16.9 Å². The maximum absolute atomic E-state index is 12.0. The Bertz CT molecular complexity index is 696. The SMILES string of the molecule is CCC(C)OCC(=O)Nc1ccccc1-n1ccc(C(=O)O)n1. The molecule has 122 valence electrons. The van der Waals surface area contributed by atoms with E-state index in [0.717, 1.165) is 6.42 Å². The maximum atomic E-state index is 12.0. The van der Waals surface area contributed by atoms with Crippen LogP contribution in [-0.4, -0.2) is 39.5 Å². The van der Waals surface area contributed by atoms with Crippen molar-refractivity contribution in [2.45, 2.75) is 26.4 Å². The Morgan fingerprint density at radius 3 is 2.74 bits per heavy atom. The standard InChI is InChI=1S/C16H19N3O4/c1-3-11(2)23-10-15(20)17-12-6-4-5-7-14(12)19-9-8-13(18-19)16(21)22/h4-9,11H,3,10H2,1-2H3,(H,17,20)(H,21,22). The molecule has 2 rings (SSSR count). The van der Waals surface area contributed by atoms with E-state index in [9.17, 15) is 9.59 Å². The average molecular weight is 317 g/mol. The minimum atomic E-state index is -1.10. The first-order chi connectivity index (χ1) is 11.0. The van der Waals surface area contributed by atoms with Crippen LogP contribution in [0.5, 0.6) is 0 Å². The summed E-state index contributed by atoms with van der Waals surface area (Å²) >= 11 is 0. The average Bonchev–Trinajstić information content (AvgIpc) is 3.03. The minimum absolute atomic E-state index is 0.0141. The molecule has 1 heterocycles. The largest absolute Gasteiger partial charge is 0.476 e. The summed E-state index contributed by atoms with van der Waals surface area (Å²) in [7, 11) is 0. The summed E-state index contributed by atoms with van der Waals surface area (Å²) in [4.78, 5) is 22.9. The van der Waals surface area contributed by atoms with Gasteiger partial charge < -0.3 is 15.2 Å². The van der Waals surface area contributed by atoms with Crippen molar-refractivity contribution < 1.29 is 19.4 Å². The number of aromatic nitrogens is 2. The number of ether oxygens (including phenoxy) is 1. The molecule has 7 nitrogen and oxygen atoms in total. The van der Waals surface area contributed by atoms with Crippen molar-refractivity contribution in [3.8, 4) is 5.69 Å². The molecule has 0 aliphatic heterocycles. The second kappa shape index (κ2) is 7.55. The molecule has 0 bridgehead atoms.